The molecule has 1 aromatic carbocycles. The Balaban J connectivity index is 1.57. The molecule has 0 aromatic heterocycles. The Morgan fingerprint density at radius 1 is 1.09 bits per heavy atom. The molecule has 0 radical (unpaired) electrons. The Morgan fingerprint density at radius 3 is 2.52 bits per heavy atom. The molecule has 1 unspecified atom stereocenters. The van der Waals surface area contributed by atoms with Crippen LogP contribution in [0, 0.1) is 5.92 Å². The number of nitrogens with one attached hydrogen (secondary N) is 2. The first-order valence-electron chi connectivity index (χ1n) is 8.89. The molecule has 1 aliphatic carbocycles. The highest BCUT2D eigenvalue weighted by molar-refractivity contribution is 5.95. The zero-order valence-electron chi connectivity index (χ0n) is 13.9. The zero-order chi connectivity index (χ0) is 16.2. The van der Waals surface area contributed by atoms with Crippen LogP contribution in [0.4, 0.5) is 5.69 Å². The van der Waals surface area contributed by atoms with Crippen LogP contribution in [-0.4, -0.2) is 30.8 Å². The van der Waals surface area contributed by atoms with Crippen LogP contribution in [0.25, 0.3) is 0 Å². The number of fused-ring (bicyclic) bond motifs is 1. The summed E-state index contributed by atoms with van der Waals surface area (Å²) in [4.78, 5) is 25.1. The van der Waals surface area contributed by atoms with Crippen molar-refractivity contribution in [3.05, 3.63) is 29.8 Å². The van der Waals surface area contributed by atoms with E-state index in [9.17, 15) is 9.59 Å². The number of carbonyl (C=O) groups excluding carboxylic acids is 2. The van der Waals surface area contributed by atoms with E-state index < -0.39 is 0 Å². The topological polar surface area (TPSA) is 50.6 Å². The van der Waals surface area contributed by atoms with Crippen molar-refractivity contribution < 1.29 is 14.5 Å². The van der Waals surface area contributed by atoms with Crippen molar-refractivity contribution in [2.75, 3.05) is 18.4 Å². The Kier molecular flexibility index (Phi) is 5.11. The monoisotopic (exact) mass is 315 g/mol. The summed E-state index contributed by atoms with van der Waals surface area (Å²) in [6.45, 7) is 3.24. The summed E-state index contributed by atoms with van der Waals surface area (Å²) in [5.41, 5.74) is 1.45. The summed E-state index contributed by atoms with van der Waals surface area (Å²) in [6.07, 6.45) is 7.91. The van der Waals surface area contributed by atoms with Gasteiger partial charge in [0.25, 0.3) is 5.91 Å². The molecule has 2 N–H and O–H groups in total. The van der Waals surface area contributed by atoms with Crippen LogP contribution in [0.15, 0.2) is 24.3 Å². The van der Waals surface area contributed by atoms with Crippen molar-refractivity contribution in [3.8, 4) is 0 Å². The summed E-state index contributed by atoms with van der Waals surface area (Å²) in [5, 5.41) is 2.98. The second-order valence-electron chi connectivity index (χ2n) is 7.06. The quantitative estimate of drug-likeness (QED) is 0.836. The van der Waals surface area contributed by atoms with Crippen molar-refractivity contribution >= 4 is 17.4 Å². The second kappa shape index (κ2) is 7.26. The van der Waals surface area contributed by atoms with Gasteiger partial charge in [-0.2, -0.15) is 0 Å². The molecule has 124 valence electrons. The number of ketones is 1. The summed E-state index contributed by atoms with van der Waals surface area (Å²) < 4.78 is 0. The van der Waals surface area contributed by atoms with Crippen LogP contribution in [0.5, 0.6) is 0 Å². The van der Waals surface area contributed by atoms with Gasteiger partial charge in [0.05, 0.1) is 12.6 Å². The second-order valence-corrected chi connectivity index (χ2v) is 7.06. The number of quaternary nitrogens is 1. The summed E-state index contributed by atoms with van der Waals surface area (Å²) >= 11 is 0. The highest BCUT2D eigenvalue weighted by Gasteiger charge is 2.37. The minimum absolute atomic E-state index is 0.0454. The van der Waals surface area contributed by atoms with E-state index in [4.69, 9.17) is 0 Å². The van der Waals surface area contributed by atoms with Gasteiger partial charge in [-0.1, -0.05) is 6.42 Å². The minimum atomic E-state index is 0.0454. The van der Waals surface area contributed by atoms with E-state index in [-0.39, 0.29) is 11.7 Å². The normalized spacial score (nSPS) is 27.1. The van der Waals surface area contributed by atoms with E-state index in [2.05, 4.69) is 5.32 Å². The van der Waals surface area contributed by atoms with Crippen LogP contribution in [-0.2, 0) is 4.79 Å². The van der Waals surface area contributed by atoms with Gasteiger partial charge >= 0.3 is 0 Å². The number of piperidine rings is 1. The number of rotatable bonds is 4. The fourth-order valence-corrected chi connectivity index (χ4v) is 4.29. The molecule has 0 bridgehead atoms. The lowest BCUT2D eigenvalue weighted by Gasteiger charge is -2.40. The van der Waals surface area contributed by atoms with Crippen LogP contribution in [0.2, 0.25) is 0 Å². The Hall–Kier alpha value is -1.68. The predicted molar refractivity (Wildman–Crippen MR) is 90.8 cm³/mol. The zero-order valence-corrected chi connectivity index (χ0v) is 13.9. The Labute approximate surface area is 138 Å². The van der Waals surface area contributed by atoms with E-state index in [1.807, 2.05) is 12.1 Å². The molecule has 4 heteroatoms. The molecule has 0 spiro atoms. The maximum atomic E-state index is 12.4. The van der Waals surface area contributed by atoms with Crippen LogP contribution >= 0.6 is 0 Å². The summed E-state index contributed by atoms with van der Waals surface area (Å²) in [5.74, 6) is 0.959. The molecule has 1 saturated carbocycles. The van der Waals surface area contributed by atoms with E-state index >= 15 is 0 Å². The van der Waals surface area contributed by atoms with Gasteiger partial charge in [-0.25, -0.2) is 0 Å². The third-order valence-corrected chi connectivity index (χ3v) is 5.47. The molecule has 23 heavy (non-hydrogen) atoms. The maximum Gasteiger partial charge on any atom is 0.279 e. The van der Waals surface area contributed by atoms with Crippen LogP contribution in [0.1, 0.15) is 55.8 Å². The number of amides is 1. The lowest BCUT2D eigenvalue weighted by Crippen LogP contribution is -3.18. The third-order valence-electron chi connectivity index (χ3n) is 5.47. The third kappa shape index (κ3) is 3.99. The highest BCUT2D eigenvalue weighted by Crippen LogP contribution is 2.28. The van der Waals surface area contributed by atoms with E-state index in [0.29, 0.717) is 18.2 Å². The van der Waals surface area contributed by atoms with Crippen molar-refractivity contribution in [3.63, 3.8) is 0 Å². The highest BCUT2D eigenvalue weighted by atomic mass is 16.2. The number of likely N-dealkylation sites (tertiary alicyclic amines) is 1. The fraction of sp³-hybridized carbons (Fsp3) is 0.579. The molecular formula is C19H27N2O2+. The van der Waals surface area contributed by atoms with Crippen molar-refractivity contribution in [1.29, 1.82) is 0 Å². The number of hydrogen-bond acceptors (Lipinski definition) is 2. The first-order chi connectivity index (χ1) is 11.1. The van der Waals surface area contributed by atoms with Gasteiger partial charge in [-0.15, -0.1) is 0 Å². The lowest BCUT2D eigenvalue weighted by molar-refractivity contribution is -0.928. The smallest absolute Gasteiger partial charge is 0.279 e. The van der Waals surface area contributed by atoms with E-state index in [1.54, 1.807) is 19.1 Å². The SMILES string of the molecule is CC(=O)c1ccc(NC(=O)C[NH+]2CCC[C@@H]3CCCC[C@@H]32)cc1. The lowest BCUT2D eigenvalue weighted by atomic mass is 9.78. The molecule has 2 aliphatic rings. The maximum absolute atomic E-state index is 12.4. The fourth-order valence-electron chi connectivity index (χ4n) is 4.29. The molecule has 3 rings (SSSR count). The summed E-state index contributed by atoms with van der Waals surface area (Å²) in [7, 11) is 0. The van der Waals surface area contributed by atoms with Gasteiger partial charge in [0.15, 0.2) is 12.3 Å². The van der Waals surface area contributed by atoms with Gasteiger partial charge in [0, 0.05) is 17.2 Å². The van der Waals surface area contributed by atoms with Gasteiger partial charge in [-0.3, -0.25) is 9.59 Å². The number of carbonyl (C=O) groups is 2. The van der Waals surface area contributed by atoms with Crippen molar-refractivity contribution in [2.45, 2.75) is 51.5 Å². The number of benzene rings is 1. The Bertz CT molecular complexity index is 565. The standard InChI is InChI=1S/C19H26N2O2/c1-14(22)15-8-10-17(11-9-15)20-19(23)13-21-12-4-6-16-5-2-3-7-18(16)21/h8-11,16,18H,2-7,12-13H2,1H3,(H,20,23)/p+1/t16-,18-/m0/s1. The first kappa shape index (κ1) is 16.2. The van der Waals surface area contributed by atoms with Crippen LogP contribution < -0.4 is 10.2 Å². The number of hydrogen-bond donors (Lipinski definition) is 2. The minimum Gasteiger partial charge on any atom is -0.324 e. The van der Waals surface area contributed by atoms with E-state index in [0.717, 1.165) is 18.2 Å². The molecular weight excluding hydrogens is 288 g/mol. The predicted octanol–water partition coefficient (Wildman–Crippen LogP) is 2.07. The molecule has 4 nitrogen and oxygen atoms in total. The first-order valence-corrected chi connectivity index (χ1v) is 8.89. The van der Waals surface area contributed by atoms with Gasteiger partial charge < -0.3 is 10.2 Å². The molecule has 1 aromatic rings. The molecule has 1 amide bonds. The number of anilines is 1. The molecule has 3 atom stereocenters. The Morgan fingerprint density at radius 2 is 1.78 bits per heavy atom. The van der Waals surface area contributed by atoms with Gasteiger partial charge in [-0.05, 0) is 63.3 Å². The van der Waals surface area contributed by atoms with E-state index in [1.165, 1.54) is 43.4 Å². The average molecular weight is 315 g/mol. The van der Waals surface area contributed by atoms with Crippen molar-refractivity contribution in [2.24, 2.45) is 5.92 Å². The van der Waals surface area contributed by atoms with Gasteiger partial charge in [0.2, 0.25) is 0 Å². The molecule has 1 heterocycles. The van der Waals surface area contributed by atoms with Gasteiger partial charge in [0.1, 0.15) is 0 Å². The average Bonchev–Trinajstić information content (AvgIpc) is 2.55. The largest absolute Gasteiger partial charge is 0.324 e. The summed E-state index contributed by atoms with van der Waals surface area (Å²) in [6, 6.07) is 7.84. The molecule has 2 fully saturated rings. The number of Topliss-reactive ketones (excluding diaryl/α,β-unsaturated/α-hetero) is 1. The van der Waals surface area contributed by atoms with Crippen molar-refractivity contribution in [1.82, 2.24) is 0 Å². The molecule has 1 saturated heterocycles. The van der Waals surface area contributed by atoms with Crippen LogP contribution in [0.3, 0.4) is 0 Å². The molecule has 1 aliphatic heterocycles.